The summed E-state index contributed by atoms with van der Waals surface area (Å²) in [5, 5.41) is 2.80. The molecule has 2 aromatic heterocycles. The van der Waals surface area contributed by atoms with Crippen molar-refractivity contribution in [2.45, 2.75) is 11.8 Å². The van der Waals surface area contributed by atoms with E-state index in [2.05, 4.69) is 25.0 Å². The molecule has 0 amide bonds. The van der Waals surface area contributed by atoms with Crippen LogP contribution < -0.4 is 14.8 Å². The Morgan fingerprint density at radius 3 is 2.71 bits per heavy atom. The molecule has 0 spiro atoms. The largest absolute Gasteiger partial charge is 0.481 e. The number of methoxy groups -OCH3 is 1. The van der Waals surface area contributed by atoms with Crippen molar-refractivity contribution in [3.05, 3.63) is 30.2 Å². The summed E-state index contributed by atoms with van der Waals surface area (Å²) in [6.45, 7) is 1.71. The number of aryl methyl sites for hydroxylation is 1. The first-order valence-electron chi connectivity index (χ1n) is 6.00. The summed E-state index contributed by atoms with van der Waals surface area (Å²) in [7, 11) is -0.783. The zero-order valence-electron chi connectivity index (χ0n) is 11.8. The Hall–Kier alpha value is -2.42. The highest BCUT2D eigenvalue weighted by molar-refractivity contribution is 7.92. The third-order valence-electron chi connectivity index (χ3n) is 2.61. The van der Waals surface area contributed by atoms with E-state index in [0.717, 1.165) is 0 Å². The maximum Gasteiger partial charge on any atom is 0.267 e. The van der Waals surface area contributed by atoms with Crippen molar-refractivity contribution in [2.75, 3.05) is 24.2 Å². The van der Waals surface area contributed by atoms with Crippen LogP contribution in [0.25, 0.3) is 0 Å². The van der Waals surface area contributed by atoms with E-state index in [1.165, 1.54) is 19.5 Å². The van der Waals surface area contributed by atoms with E-state index in [1.807, 2.05) is 0 Å². The molecule has 8 nitrogen and oxygen atoms in total. The zero-order chi connectivity index (χ0) is 15.5. The summed E-state index contributed by atoms with van der Waals surface area (Å²) >= 11 is 0. The summed E-state index contributed by atoms with van der Waals surface area (Å²) in [4.78, 5) is 11.8. The highest BCUT2D eigenvalue weighted by atomic mass is 32.2. The number of nitrogens with zero attached hydrogens (tertiary/aromatic N) is 3. The molecule has 2 heterocycles. The Kier molecular flexibility index (Phi) is 4.22. The molecule has 0 fully saturated rings. The van der Waals surface area contributed by atoms with Gasteiger partial charge in [-0.1, -0.05) is 0 Å². The number of hydrogen-bond acceptors (Lipinski definition) is 7. The Bertz CT molecular complexity index is 748. The maximum atomic E-state index is 12.4. The van der Waals surface area contributed by atoms with Gasteiger partial charge in [-0.15, -0.1) is 0 Å². The van der Waals surface area contributed by atoms with Crippen LogP contribution in [0.1, 0.15) is 5.69 Å². The average molecular weight is 309 g/mol. The predicted molar refractivity (Wildman–Crippen MR) is 77.9 cm³/mol. The number of anilines is 2. The summed E-state index contributed by atoms with van der Waals surface area (Å²) in [6.07, 6.45) is 2.75. The van der Waals surface area contributed by atoms with Crippen LogP contribution in [-0.4, -0.2) is 37.5 Å². The van der Waals surface area contributed by atoms with Crippen LogP contribution in [0.2, 0.25) is 0 Å². The summed E-state index contributed by atoms with van der Waals surface area (Å²) < 4.78 is 32.1. The number of nitrogens with one attached hydrogen (secondary N) is 2. The lowest BCUT2D eigenvalue weighted by molar-refractivity contribution is 0.397. The molecule has 0 saturated carbocycles. The third kappa shape index (κ3) is 3.37. The monoisotopic (exact) mass is 309 g/mol. The van der Waals surface area contributed by atoms with Crippen LogP contribution in [0.4, 0.5) is 11.6 Å². The molecule has 0 radical (unpaired) electrons. The van der Waals surface area contributed by atoms with Gasteiger partial charge in [-0.25, -0.2) is 18.1 Å². The lowest BCUT2D eigenvalue weighted by atomic mass is 10.4. The first-order valence-corrected chi connectivity index (χ1v) is 7.49. The van der Waals surface area contributed by atoms with E-state index < -0.39 is 10.0 Å². The van der Waals surface area contributed by atoms with Gasteiger partial charge in [-0.2, -0.15) is 4.98 Å². The van der Waals surface area contributed by atoms with Crippen LogP contribution in [0.3, 0.4) is 0 Å². The van der Waals surface area contributed by atoms with Crippen molar-refractivity contribution in [1.29, 1.82) is 0 Å². The van der Waals surface area contributed by atoms with Gasteiger partial charge in [0.2, 0.25) is 11.8 Å². The summed E-state index contributed by atoms with van der Waals surface area (Å²) in [5.41, 5.74) is 1.01. The van der Waals surface area contributed by atoms with Crippen LogP contribution >= 0.6 is 0 Å². The molecule has 0 aliphatic rings. The minimum atomic E-state index is -3.85. The standard InChI is InChI=1S/C12H15N5O3S/c1-8-6-11(20-3)16-12(15-8)17-21(18,19)10-7-14-5-4-9(10)13-2/h4-7H,1-3H3,(H,13,14)(H,15,16,17). The lowest BCUT2D eigenvalue weighted by Gasteiger charge is -2.11. The Morgan fingerprint density at radius 2 is 2.05 bits per heavy atom. The zero-order valence-corrected chi connectivity index (χ0v) is 12.6. The van der Waals surface area contributed by atoms with Gasteiger partial charge >= 0.3 is 0 Å². The minimum Gasteiger partial charge on any atom is -0.481 e. The van der Waals surface area contributed by atoms with Crippen LogP contribution in [0, 0.1) is 6.92 Å². The van der Waals surface area contributed by atoms with Crippen molar-refractivity contribution in [3.63, 3.8) is 0 Å². The maximum absolute atomic E-state index is 12.4. The number of aromatic nitrogens is 3. The fourth-order valence-electron chi connectivity index (χ4n) is 1.67. The second-order valence-electron chi connectivity index (χ2n) is 4.10. The van der Waals surface area contributed by atoms with Gasteiger partial charge in [0.25, 0.3) is 10.0 Å². The van der Waals surface area contributed by atoms with E-state index in [-0.39, 0.29) is 16.7 Å². The molecule has 112 valence electrons. The quantitative estimate of drug-likeness (QED) is 0.849. The molecular formula is C12H15N5O3S. The minimum absolute atomic E-state index is 0.0107. The van der Waals surface area contributed by atoms with E-state index >= 15 is 0 Å². The second kappa shape index (κ2) is 5.92. The number of sulfonamides is 1. The first kappa shape index (κ1) is 15.0. The van der Waals surface area contributed by atoms with Crippen molar-refractivity contribution in [2.24, 2.45) is 0 Å². The molecular weight excluding hydrogens is 294 g/mol. The highest BCUT2D eigenvalue weighted by Gasteiger charge is 2.20. The van der Waals surface area contributed by atoms with Gasteiger partial charge in [-0.3, -0.25) is 4.98 Å². The van der Waals surface area contributed by atoms with Crippen molar-refractivity contribution in [3.8, 4) is 5.88 Å². The molecule has 2 aromatic rings. The Morgan fingerprint density at radius 1 is 1.29 bits per heavy atom. The average Bonchev–Trinajstić information content (AvgIpc) is 2.46. The molecule has 0 aliphatic carbocycles. The SMILES string of the molecule is CNc1ccncc1S(=O)(=O)Nc1nc(C)cc(OC)n1. The van der Waals surface area contributed by atoms with Crippen molar-refractivity contribution < 1.29 is 13.2 Å². The number of rotatable bonds is 5. The van der Waals surface area contributed by atoms with Gasteiger partial charge in [0.1, 0.15) is 4.90 Å². The summed E-state index contributed by atoms with van der Waals surface area (Å²) in [5.74, 6) is 0.220. The van der Waals surface area contributed by atoms with Gasteiger partial charge in [0.05, 0.1) is 12.8 Å². The molecule has 2 rings (SSSR count). The molecule has 0 aromatic carbocycles. The molecule has 21 heavy (non-hydrogen) atoms. The van der Waals surface area contributed by atoms with E-state index in [1.54, 1.807) is 26.1 Å². The van der Waals surface area contributed by atoms with Crippen LogP contribution in [-0.2, 0) is 10.0 Å². The lowest BCUT2D eigenvalue weighted by Crippen LogP contribution is -2.17. The molecule has 0 atom stereocenters. The molecule has 0 saturated heterocycles. The Labute approximate surface area is 122 Å². The number of ether oxygens (including phenoxy) is 1. The third-order valence-corrected chi connectivity index (χ3v) is 3.96. The molecule has 0 aliphatic heterocycles. The van der Waals surface area contributed by atoms with Crippen molar-refractivity contribution in [1.82, 2.24) is 15.0 Å². The number of hydrogen-bond donors (Lipinski definition) is 2. The van der Waals surface area contributed by atoms with Gasteiger partial charge in [-0.05, 0) is 13.0 Å². The highest BCUT2D eigenvalue weighted by Crippen LogP contribution is 2.21. The second-order valence-corrected chi connectivity index (χ2v) is 5.75. The van der Waals surface area contributed by atoms with Crippen LogP contribution in [0.15, 0.2) is 29.4 Å². The fraction of sp³-hybridized carbons (Fsp3) is 0.250. The smallest absolute Gasteiger partial charge is 0.267 e. The molecule has 0 unspecified atom stereocenters. The van der Waals surface area contributed by atoms with E-state index in [9.17, 15) is 8.42 Å². The topological polar surface area (TPSA) is 106 Å². The fourth-order valence-corrected chi connectivity index (χ4v) is 2.77. The van der Waals surface area contributed by atoms with Crippen molar-refractivity contribution >= 4 is 21.7 Å². The molecule has 0 bridgehead atoms. The van der Waals surface area contributed by atoms with Gasteiger partial charge in [0.15, 0.2) is 0 Å². The molecule has 9 heteroatoms. The predicted octanol–water partition coefficient (Wildman–Crippen LogP) is 1.03. The number of pyridine rings is 1. The Balaban J connectivity index is 2.40. The molecule has 2 N–H and O–H groups in total. The van der Waals surface area contributed by atoms with E-state index in [4.69, 9.17) is 4.74 Å². The van der Waals surface area contributed by atoms with Gasteiger partial charge in [0, 0.05) is 31.2 Å². The summed E-state index contributed by atoms with van der Waals surface area (Å²) in [6, 6.07) is 3.16. The first-order chi connectivity index (χ1) is 9.96. The van der Waals surface area contributed by atoms with E-state index in [0.29, 0.717) is 11.4 Å². The van der Waals surface area contributed by atoms with Crippen LogP contribution in [0.5, 0.6) is 5.88 Å². The van der Waals surface area contributed by atoms with Gasteiger partial charge < -0.3 is 10.1 Å². The normalized spacial score (nSPS) is 11.0.